The van der Waals surface area contributed by atoms with Crippen molar-refractivity contribution in [3.63, 3.8) is 0 Å². The van der Waals surface area contributed by atoms with Gasteiger partial charge in [-0.05, 0) is 24.3 Å². The van der Waals surface area contributed by atoms with Crippen molar-refractivity contribution in [3.8, 4) is 5.82 Å². The lowest BCUT2D eigenvalue weighted by molar-refractivity contribution is 1.01. The van der Waals surface area contributed by atoms with Gasteiger partial charge in [0.1, 0.15) is 10.8 Å². The van der Waals surface area contributed by atoms with Gasteiger partial charge >= 0.3 is 0 Å². The van der Waals surface area contributed by atoms with E-state index in [4.69, 9.17) is 18.0 Å². The molecule has 0 atom stereocenters. The SMILES string of the molecule is NC(=S)c1ccnc(-n2cccc2)c1. The lowest BCUT2D eigenvalue weighted by Gasteiger charge is -2.03. The molecule has 0 spiro atoms. The molecule has 2 N–H and O–H groups in total. The summed E-state index contributed by atoms with van der Waals surface area (Å²) in [6.45, 7) is 0. The Bertz CT molecular complexity index is 448. The van der Waals surface area contributed by atoms with E-state index < -0.39 is 0 Å². The van der Waals surface area contributed by atoms with E-state index in [0.717, 1.165) is 11.4 Å². The van der Waals surface area contributed by atoms with Gasteiger partial charge in [-0.2, -0.15) is 0 Å². The van der Waals surface area contributed by atoms with E-state index in [-0.39, 0.29) is 0 Å². The molecule has 0 amide bonds. The number of nitrogens with zero attached hydrogens (tertiary/aromatic N) is 2. The lowest BCUT2D eigenvalue weighted by Crippen LogP contribution is -2.10. The van der Waals surface area contributed by atoms with Gasteiger partial charge in [-0.25, -0.2) is 4.98 Å². The second-order valence-electron chi connectivity index (χ2n) is 2.86. The number of rotatable bonds is 2. The zero-order valence-electron chi connectivity index (χ0n) is 7.42. The molecule has 2 heterocycles. The van der Waals surface area contributed by atoms with E-state index in [1.54, 1.807) is 12.3 Å². The fourth-order valence-electron chi connectivity index (χ4n) is 1.20. The van der Waals surface area contributed by atoms with Crippen LogP contribution in [0.4, 0.5) is 0 Å². The summed E-state index contributed by atoms with van der Waals surface area (Å²) < 4.78 is 1.90. The van der Waals surface area contributed by atoms with Crippen molar-refractivity contribution in [1.82, 2.24) is 9.55 Å². The molecule has 0 fully saturated rings. The van der Waals surface area contributed by atoms with Gasteiger partial charge in [0.05, 0.1) is 0 Å². The van der Waals surface area contributed by atoms with Crippen LogP contribution in [0.15, 0.2) is 42.9 Å². The summed E-state index contributed by atoms with van der Waals surface area (Å²) in [6.07, 6.45) is 5.54. The number of nitrogens with two attached hydrogens (primary N) is 1. The number of hydrogen-bond acceptors (Lipinski definition) is 2. The number of thiocarbonyl (C=S) groups is 1. The predicted octanol–water partition coefficient (Wildman–Crippen LogP) is 1.51. The maximum atomic E-state index is 5.53. The number of pyridine rings is 1. The lowest BCUT2D eigenvalue weighted by atomic mass is 10.2. The Labute approximate surface area is 87.2 Å². The Morgan fingerprint density at radius 2 is 2.07 bits per heavy atom. The Balaban J connectivity index is 2.46. The smallest absolute Gasteiger partial charge is 0.137 e. The van der Waals surface area contributed by atoms with E-state index in [1.165, 1.54) is 0 Å². The molecule has 0 aliphatic carbocycles. The van der Waals surface area contributed by atoms with Crippen molar-refractivity contribution in [2.24, 2.45) is 5.73 Å². The quantitative estimate of drug-likeness (QED) is 0.752. The van der Waals surface area contributed by atoms with Gasteiger partial charge in [-0.15, -0.1) is 0 Å². The molecule has 0 aliphatic rings. The molecule has 0 saturated heterocycles. The fourth-order valence-corrected chi connectivity index (χ4v) is 1.33. The van der Waals surface area contributed by atoms with Gasteiger partial charge < -0.3 is 10.3 Å². The first kappa shape index (κ1) is 8.90. The molecule has 2 aromatic heterocycles. The third-order valence-corrected chi connectivity index (χ3v) is 2.13. The van der Waals surface area contributed by atoms with Crippen LogP contribution in [0.1, 0.15) is 5.56 Å². The van der Waals surface area contributed by atoms with Crippen LogP contribution in [0.2, 0.25) is 0 Å². The van der Waals surface area contributed by atoms with E-state index in [2.05, 4.69) is 4.98 Å². The molecule has 70 valence electrons. The summed E-state index contributed by atoms with van der Waals surface area (Å²) in [5, 5.41) is 0. The molecule has 0 unspecified atom stereocenters. The molecule has 3 nitrogen and oxygen atoms in total. The molecule has 2 rings (SSSR count). The summed E-state index contributed by atoms with van der Waals surface area (Å²) in [5.74, 6) is 0.820. The summed E-state index contributed by atoms with van der Waals surface area (Å²) >= 11 is 4.89. The van der Waals surface area contributed by atoms with Gasteiger partial charge in [0.2, 0.25) is 0 Å². The minimum absolute atomic E-state index is 0.390. The highest BCUT2D eigenvalue weighted by molar-refractivity contribution is 7.80. The number of hydrogen-bond donors (Lipinski definition) is 1. The van der Waals surface area contributed by atoms with Crippen molar-refractivity contribution in [3.05, 3.63) is 48.4 Å². The van der Waals surface area contributed by atoms with Crippen LogP contribution in [0.25, 0.3) is 5.82 Å². The molecular weight excluding hydrogens is 194 g/mol. The summed E-state index contributed by atoms with van der Waals surface area (Å²) in [4.78, 5) is 4.60. The van der Waals surface area contributed by atoms with Crippen LogP contribution in [-0.2, 0) is 0 Å². The Kier molecular flexibility index (Phi) is 2.28. The van der Waals surface area contributed by atoms with Gasteiger partial charge in [-0.3, -0.25) is 0 Å². The average molecular weight is 203 g/mol. The molecule has 0 bridgehead atoms. The molecule has 14 heavy (non-hydrogen) atoms. The molecule has 0 aliphatic heterocycles. The predicted molar refractivity (Wildman–Crippen MR) is 59.5 cm³/mol. The summed E-state index contributed by atoms with van der Waals surface area (Å²) in [6, 6.07) is 7.54. The van der Waals surface area contributed by atoms with Crippen LogP contribution in [0, 0.1) is 0 Å². The minimum atomic E-state index is 0.390. The first-order valence-electron chi connectivity index (χ1n) is 4.16. The van der Waals surface area contributed by atoms with E-state index in [9.17, 15) is 0 Å². The van der Waals surface area contributed by atoms with Gasteiger partial charge in [0.15, 0.2) is 0 Å². The van der Waals surface area contributed by atoms with Crippen molar-refractivity contribution in [2.75, 3.05) is 0 Å². The summed E-state index contributed by atoms with van der Waals surface area (Å²) in [7, 11) is 0. The first-order chi connectivity index (χ1) is 6.77. The van der Waals surface area contributed by atoms with Crippen LogP contribution in [-0.4, -0.2) is 14.5 Å². The maximum Gasteiger partial charge on any atom is 0.137 e. The average Bonchev–Trinajstić information content (AvgIpc) is 2.71. The van der Waals surface area contributed by atoms with Gasteiger partial charge in [0, 0.05) is 24.2 Å². The molecule has 0 saturated carbocycles. The topological polar surface area (TPSA) is 43.8 Å². The van der Waals surface area contributed by atoms with Crippen LogP contribution in [0.5, 0.6) is 0 Å². The van der Waals surface area contributed by atoms with Crippen molar-refractivity contribution < 1.29 is 0 Å². The first-order valence-corrected chi connectivity index (χ1v) is 4.57. The molecule has 0 radical (unpaired) electrons. The highest BCUT2D eigenvalue weighted by Crippen LogP contribution is 2.07. The molecular formula is C10H9N3S. The summed E-state index contributed by atoms with van der Waals surface area (Å²) in [5.41, 5.74) is 6.36. The third-order valence-electron chi connectivity index (χ3n) is 1.90. The monoisotopic (exact) mass is 203 g/mol. The second-order valence-corrected chi connectivity index (χ2v) is 3.30. The standard InChI is InChI=1S/C10H9N3S/c11-10(14)8-3-4-12-9(7-8)13-5-1-2-6-13/h1-7H,(H2,11,14). The van der Waals surface area contributed by atoms with E-state index in [0.29, 0.717) is 4.99 Å². The van der Waals surface area contributed by atoms with E-state index >= 15 is 0 Å². The van der Waals surface area contributed by atoms with Gasteiger partial charge in [0.25, 0.3) is 0 Å². The maximum absolute atomic E-state index is 5.53. The van der Waals surface area contributed by atoms with Crippen LogP contribution < -0.4 is 5.73 Å². The fraction of sp³-hybridized carbons (Fsp3) is 0. The zero-order valence-corrected chi connectivity index (χ0v) is 8.24. The van der Waals surface area contributed by atoms with E-state index in [1.807, 2.05) is 35.2 Å². The van der Waals surface area contributed by atoms with Crippen LogP contribution >= 0.6 is 12.2 Å². The largest absolute Gasteiger partial charge is 0.389 e. The normalized spacial score (nSPS) is 10.0. The van der Waals surface area contributed by atoms with Crippen molar-refractivity contribution >= 4 is 17.2 Å². The zero-order chi connectivity index (χ0) is 9.97. The highest BCUT2D eigenvalue weighted by Gasteiger charge is 1.99. The van der Waals surface area contributed by atoms with Crippen molar-refractivity contribution in [1.29, 1.82) is 0 Å². The third kappa shape index (κ3) is 1.65. The Hall–Kier alpha value is -1.68. The van der Waals surface area contributed by atoms with Crippen molar-refractivity contribution in [2.45, 2.75) is 0 Å². The highest BCUT2D eigenvalue weighted by atomic mass is 32.1. The number of aromatic nitrogens is 2. The minimum Gasteiger partial charge on any atom is -0.389 e. The molecule has 4 heteroatoms. The molecule has 0 aromatic carbocycles. The van der Waals surface area contributed by atoms with Crippen LogP contribution in [0.3, 0.4) is 0 Å². The Morgan fingerprint density at radius 1 is 1.36 bits per heavy atom. The molecule has 2 aromatic rings. The second kappa shape index (κ2) is 3.59. The van der Waals surface area contributed by atoms with Gasteiger partial charge in [-0.1, -0.05) is 12.2 Å². The Morgan fingerprint density at radius 3 is 2.71 bits per heavy atom.